The van der Waals surface area contributed by atoms with Gasteiger partial charge in [0.2, 0.25) is 0 Å². The number of hydrogen-bond donors (Lipinski definition) is 1. The fourth-order valence-electron chi connectivity index (χ4n) is 3.28. The first-order valence-corrected chi connectivity index (χ1v) is 8.63. The highest BCUT2D eigenvalue weighted by Crippen LogP contribution is 2.25. The molecule has 0 aromatic carbocycles. The third kappa shape index (κ3) is 5.34. The van der Waals surface area contributed by atoms with Gasteiger partial charge in [0.25, 0.3) is 0 Å². The van der Waals surface area contributed by atoms with Crippen molar-refractivity contribution in [2.45, 2.75) is 66.5 Å². The SMILES string of the molecule is CCN(CC)C1CCN(CC(C)(CC)CNC(C)C)C1. The maximum Gasteiger partial charge on any atom is 0.0235 e. The van der Waals surface area contributed by atoms with Gasteiger partial charge in [0.1, 0.15) is 0 Å². The second-order valence-electron chi connectivity index (χ2n) is 7.10. The highest BCUT2D eigenvalue weighted by atomic mass is 15.3. The van der Waals surface area contributed by atoms with Crippen molar-refractivity contribution in [3.05, 3.63) is 0 Å². The van der Waals surface area contributed by atoms with E-state index in [0.717, 1.165) is 12.6 Å². The van der Waals surface area contributed by atoms with Crippen LogP contribution in [0.15, 0.2) is 0 Å². The maximum atomic E-state index is 3.63. The topological polar surface area (TPSA) is 18.5 Å². The Morgan fingerprint density at radius 1 is 1.25 bits per heavy atom. The molecule has 1 fully saturated rings. The summed E-state index contributed by atoms with van der Waals surface area (Å²) < 4.78 is 0. The lowest BCUT2D eigenvalue weighted by Gasteiger charge is -2.34. The zero-order valence-corrected chi connectivity index (χ0v) is 14.7. The van der Waals surface area contributed by atoms with E-state index in [4.69, 9.17) is 0 Å². The summed E-state index contributed by atoms with van der Waals surface area (Å²) >= 11 is 0. The second kappa shape index (κ2) is 8.35. The van der Waals surface area contributed by atoms with Crippen molar-refractivity contribution in [3.63, 3.8) is 0 Å². The number of likely N-dealkylation sites (N-methyl/N-ethyl adjacent to an activating group) is 1. The van der Waals surface area contributed by atoms with E-state index < -0.39 is 0 Å². The van der Waals surface area contributed by atoms with Gasteiger partial charge in [-0.05, 0) is 37.9 Å². The van der Waals surface area contributed by atoms with Gasteiger partial charge in [0, 0.05) is 31.7 Å². The average Bonchev–Trinajstić information content (AvgIpc) is 2.86. The average molecular weight is 284 g/mol. The minimum Gasteiger partial charge on any atom is -0.314 e. The van der Waals surface area contributed by atoms with Crippen molar-refractivity contribution in [3.8, 4) is 0 Å². The van der Waals surface area contributed by atoms with Crippen LogP contribution in [0.4, 0.5) is 0 Å². The normalized spacial score (nSPS) is 23.7. The maximum absolute atomic E-state index is 3.63. The van der Waals surface area contributed by atoms with Gasteiger partial charge in [0.15, 0.2) is 0 Å². The first kappa shape index (κ1) is 17.9. The summed E-state index contributed by atoms with van der Waals surface area (Å²) in [7, 11) is 0. The molecule has 0 bridgehead atoms. The minimum atomic E-state index is 0.405. The quantitative estimate of drug-likeness (QED) is 0.702. The van der Waals surface area contributed by atoms with Crippen LogP contribution in [0.5, 0.6) is 0 Å². The Morgan fingerprint density at radius 3 is 2.40 bits per heavy atom. The molecular formula is C17H37N3. The summed E-state index contributed by atoms with van der Waals surface area (Å²) in [5.74, 6) is 0. The van der Waals surface area contributed by atoms with Crippen LogP contribution in [0.25, 0.3) is 0 Å². The number of nitrogens with zero attached hydrogens (tertiary/aromatic N) is 2. The summed E-state index contributed by atoms with van der Waals surface area (Å²) in [5, 5.41) is 3.63. The molecule has 20 heavy (non-hydrogen) atoms. The lowest BCUT2D eigenvalue weighted by atomic mass is 9.86. The first-order valence-electron chi connectivity index (χ1n) is 8.63. The molecule has 0 radical (unpaired) electrons. The summed E-state index contributed by atoms with van der Waals surface area (Å²) in [5.41, 5.74) is 0.405. The molecule has 1 aliphatic heterocycles. The molecule has 0 aliphatic carbocycles. The Kier molecular flexibility index (Phi) is 7.49. The van der Waals surface area contributed by atoms with Gasteiger partial charge in [-0.15, -0.1) is 0 Å². The lowest BCUT2D eigenvalue weighted by Crippen LogP contribution is -2.44. The zero-order valence-electron chi connectivity index (χ0n) is 14.7. The molecule has 0 amide bonds. The molecule has 2 atom stereocenters. The summed E-state index contributed by atoms with van der Waals surface area (Å²) in [4.78, 5) is 5.31. The van der Waals surface area contributed by atoms with Crippen LogP contribution in [0.3, 0.4) is 0 Å². The van der Waals surface area contributed by atoms with E-state index in [1.54, 1.807) is 0 Å². The van der Waals surface area contributed by atoms with Gasteiger partial charge >= 0.3 is 0 Å². The van der Waals surface area contributed by atoms with Crippen molar-refractivity contribution in [2.75, 3.05) is 39.3 Å². The standard InChI is InChI=1S/C17H37N3/c1-7-17(6,13-18-15(4)5)14-19-11-10-16(12-19)20(8-2)9-3/h15-16,18H,7-14H2,1-6H3. The number of nitrogens with one attached hydrogen (secondary N) is 1. The molecule has 1 N–H and O–H groups in total. The molecule has 0 aromatic heterocycles. The van der Waals surface area contributed by atoms with E-state index >= 15 is 0 Å². The Hall–Kier alpha value is -0.120. The first-order chi connectivity index (χ1) is 9.44. The third-order valence-corrected chi connectivity index (χ3v) is 4.97. The van der Waals surface area contributed by atoms with Gasteiger partial charge in [-0.1, -0.05) is 41.5 Å². The second-order valence-corrected chi connectivity index (χ2v) is 7.10. The van der Waals surface area contributed by atoms with Gasteiger partial charge in [-0.25, -0.2) is 0 Å². The van der Waals surface area contributed by atoms with E-state index in [1.807, 2.05) is 0 Å². The predicted molar refractivity (Wildman–Crippen MR) is 89.3 cm³/mol. The number of rotatable bonds is 9. The van der Waals surface area contributed by atoms with E-state index in [-0.39, 0.29) is 0 Å². The highest BCUT2D eigenvalue weighted by Gasteiger charge is 2.31. The minimum absolute atomic E-state index is 0.405. The number of likely N-dealkylation sites (tertiary alicyclic amines) is 1. The monoisotopic (exact) mass is 283 g/mol. The molecule has 0 spiro atoms. The van der Waals surface area contributed by atoms with Crippen molar-refractivity contribution in [1.29, 1.82) is 0 Å². The van der Waals surface area contributed by atoms with Crippen LogP contribution in [-0.2, 0) is 0 Å². The molecule has 3 nitrogen and oxygen atoms in total. The predicted octanol–water partition coefficient (Wildman–Crippen LogP) is 2.82. The molecular weight excluding hydrogens is 246 g/mol. The molecule has 0 aromatic rings. The molecule has 1 rings (SSSR count). The van der Waals surface area contributed by atoms with Crippen LogP contribution < -0.4 is 5.32 Å². The van der Waals surface area contributed by atoms with Crippen LogP contribution in [-0.4, -0.2) is 61.2 Å². The lowest BCUT2D eigenvalue weighted by molar-refractivity contribution is 0.158. The van der Waals surface area contributed by atoms with Gasteiger partial charge in [-0.3, -0.25) is 4.90 Å². The van der Waals surface area contributed by atoms with Crippen LogP contribution in [0, 0.1) is 5.41 Å². The molecule has 1 saturated heterocycles. The molecule has 120 valence electrons. The molecule has 1 aliphatic rings. The van der Waals surface area contributed by atoms with Crippen molar-refractivity contribution < 1.29 is 0 Å². The third-order valence-electron chi connectivity index (χ3n) is 4.97. The van der Waals surface area contributed by atoms with Gasteiger partial charge < -0.3 is 10.2 Å². The van der Waals surface area contributed by atoms with E-state index in [0.29, 0.717) is 11.5 Å². The molecule has 2 unspecified atom stereocenters. The summed E-state index contributed by atoms with van der Waals surface area (Å²) in [6.07, 6.45) is 2.60. The van der Waals surface area contributed by atoms with Crippen molar-refractivity contribution >= 4 is 0 Å². The van der Waals surface area contributed by atoms with Crippen LogP contribution in [0.1, 0.15) is 54.4 Å². The number of hydrogen-bond acceptors (Lipinski definition) is 3. The van der Waals surface area contributed by atoms with E-state index in [2.05, 4.69) is 56.7 Å². The Morgan fingerprint density at radius 2 is 1.90 bits per heavy atom. The fraction of sp³-hybridized carbons (Fsp3) is 1.00. The molecule has 1 heterocycles. The summed E-state index contributed by atoms with van der Waals surface area (Å²) in [6, 6.07) is 1.37. The van der Waals surface area contributed by atoms with Crippen molar-refractivity contribution in [1.82, 2.24) is 15.1 Å². The summed E-state index contributed by atoms with van der Waals surface area (Å²) in [6.45, 7) is 21.1. The van der Waals surface area contributed by atoms with Crippen LogP contribution >= 0.6 is 0 Å². The Labute approximate surface area is 127 Å². The largest absolute Gasteiger partial charge is 0.314 e. The Bertz CT molecular complexity index is 263. The highest BCUT2D eigenvalue weighted by molar-refractivity contribution is 4.87. The van der Waals surface area contributed by atoms with E-state index in [9.17, 15) is 0 Å². The Balaban J connectivity index is 2.47. The zero-order chi connectivity index (χ0) is 15.2. The molecule has 3 heteroatoms. The van der Waals surface area contributed by atoms with Crippen molar-refractivity contribution in [2.24, 2.45) is 5.41 Å². The van der Waals surface area contributed by atoms with Gasteiger partial charge in [-0.2, -0.15) is 0 Å². The van der Waals surface area contributed by atoms with E-state index in [1.165, 1.54) is 45.6 Å². The van der Waals surface area contributed by atoms with Gasteiger partial charge in [0.05, 0.1) is 0 Å². The van der Waals surface area contributed by atoms with Crippen LogP contribution in [0.2, 0.25) is 0 Å². The fourth-order valence-corrected chi connectivity index (χ4v) is 3.28. The molecule has 0 saturated carbocycles. The smallest absolute Gasteiger partial charge is 0.0235 e.